The molecule has 2 atom stereocenters. The molecule has 0 bridgehead atoms. The van der Waals surface area contributed by atoms with Gasteiger partial charge in [0.15, 0.2) is 0 Å². The maximum Gasteiger partial charge on any atom is 0.0933 e. The summed E-state index contributed by atoms with van der Waals surface area (Å²) in [5.41, 5.74) is 5.44. The minimum absolute atomic E-state index is 0.183. The van der Waals surface area contributed by atoms with Gasteiger partial charge in [0.05, 0.1) is 25.9 Å². The molecule has 1 fully saturated rings. The Bertz CT molecular complexity index is 425. The fraction of sp³-hybridized carbons (Fsp3) is 0.625. The van der Waals surface area contributed by atoms with Gasteiger partial charge in [-0.3, -0.25) is 0 Å². The predicted molar refractivity (Wildman–Crippen MR) is 77.6 cm³/mol. The Morgan fingerprint density at radius 2 is 1.89 bits per heavy atom. The molecule has 19 heavy (non-hydrogen) atoms. The quantitative estimate of drug-likeness (QED) is 0.906. The van der Waals surface area contributed by atoms with Gasteiger partial charge in [-0.05, 0) is 49.9 Å². The molecule has 3 nitrogen and oxygen atoms in total. The lowest BCUT2D eigenvalue weighted by Gasteiger charge is -2.25. The van der Waals surface area contributed by atoms with E-state index in [0.29, 0.717) is 19.3 Å². The Labute approximate surface area is 116 Å². The molecule has 1 aromatic rings. The van der Waals surface area contributed by atoms with E-state index in [1.165, 1.54) is 22.3 Å². The Kier molecular flexibility index (Phi) is 4.97. The highest BCUT2D eigenvalue weighted by Crippen LogP contribution is 2.21. The molecule has 2 rings (SSSR count). The number of hydrogen-bond acceptors (Lipinski definition) is 3. The van der Waals surface area contributed by atoms with Crippen molar-refractivity contribution in [3.05, 3.63) is 34.4 Å². The maximum atomic E-state index is 5.65. The molecule has 0 aromatic heterocycles. The minimum atomic E-state index is 0.183. The van der Waals surface area contributed by atoms with Gasteiger partial charge in [0.1, 0.15) is 0 Å². The summed E-state index contributed by atoms with van der Waals surface area (Å²) < 4.78 is 11.1. The molecule has 1 saturated heterocycles. The van der Waals surface area contributed by atoms with Crippen LogP contribution < -0.4 is 5.32 Å². The predicted octanol–water partition coefficient (Wildman–Crippen LogP) is 2.68. The van der Waals surface area contributed by atoms with Crippen LogP contribution in [0.5, 0.6) is 0 Å². The van der Waals surface area contributed by atoms with E-state index < -0.39 is 0 Å². The SMILES string of the molecule is Cc1cc(C)c(C(C)NCC2COCCO2)cc1C. The van der Waals surface area contributed by atoms with Gasteiger partial charge in [0.25, 0.3) is 0 Å². The first-order chi connectivity index (χ1) is 9.08. The maximum absolute atomic E-state index is 5.65. The average Bonchev–Trinajstić information content (AvgIpc) is 2.41. The molecule has 0 radical (unpaired) electrons. The molecule has 1 aliphatic rings. The fourth-order valence-corrected chi connectivity index (χ4v) is 2.52. The van der Waals surface area contributed by atoms with Crippen LogP contribution in [0.25, 0.3) is 0 Å². The van der Waals surface area contributed by atoms with Crippen molar-refractivity contribution in [2.45, 2.75) is 39.8 Å². The average molecular weight is 263 g/mol. The summed E-state index contributed by atoms with van der Waals surface area (Å²) in [6, 6.07) is 4.90. The van der Waals surface area contributed by atoms with Crippen molar-refractivity contribution in [2.24, 2.45) is 0 Å². The summed E-state index contributed by atoms with van der Waals surface area (Å²) in [5, 5.41) is 3.55. The van der Waals surface area contributed by atoms with E-state index in [9.17, 15) is 0 Å². The van der Waals surface area contributed by atoms with Gasteiger partial charge >= 0.3 is 0 Å². The molecule has 1 aliphatic heterocycles. The van der Waals surface area contributed by atoms with Crippen LogP contribution in [0.2, 0.25) is 0 Å². The molecular weight excluding hydrogens is 238 g/mol. The molecule has 1 aromatic carbocycles. The Morgan fingerprint density at radius 3 is 2.58 bits per heavy atom. The summed E-state index contributed by atoms with van der Waals surface area (Å²) in [5.74, 6) is 0. The Balaban J connectivity index is 1.95. The molecule has 0 amide bonds. The number of aryl methyl sites for hydroxylation is 3. The third-order valence-electron chi connectivity index (χ3n) is 3.89. The van der Waals surface area contributed by atoms with Crippen LogP contribution in [0.3, 0.4) is 0 Å². The van der Waals surface area contributed by atoms with Gasteiger partial charge in [0, 0.05) is 12.6 Å². The highest BCUT2D eigenvalue weighted by Gasteiger charge is 2.16. The topological polar surface area (TPSA) is 30.5 Å². The molecule has 1 heterocycles. The van der Waals surface area contributed by atoms with Crippen molar-refractivity contribution < 1.29 is 9.47 Å². The van der Waals surface area contributed by atoms with Gasteiger partial charge in [-0.1, -0.05) is 12.1 Å². The van der Waals surface area contributed by atoms with Gasteiger partial charge < -0.3 is 14.8 Å². The first-order valence-corrected chi connectivity index (χ1v) is 7.08. The molecular formula is C16H25NO2. The third kappa shape index (κ3) is 3.78. The van der Waals surface area contributed by atoms with Crippen LogP contribution in [-0.4, -0.2) is 32.5 Å². The second-order valence-corrected chi connectivity index (χ2v) is 5.49. The van der Waals surface area contributed by atoms with Crippen LogP contribution in [0.4, 0.5) is 0 Å². The van der Waals surface area contributed by atoms with Gasteiger partial charge in [-0.15, -0.1) is 0 Å². The highest BCUT2D eigenvalue weighted by molar-refractivity contribution is 5.38. The highest BCUT2D eigenvalue weighted by atomic mass is 16.6. The van der Waals surface area contributed by atoms with Crippen LogP contribution in [0.1, 0.15) is 35.2 Å². The zero-order valence-electron chi connectivity index (χ0n) is 12.5. The van der Waals surface area contributed by atoms with Crippen LogP contribution in [0.15, 0.2) is 12.1 Å². The van der Waals surface area contributed by atoms with Crippen molar-refractivity contribution >= 4 is 0 Å². The number of hydrogen-bond donors (Lipinski definition) is 1. The van der Waals surface area contributed by atoms with E-state index in [0.717, 1.165) is 13.2 Å². The standard InChI is InChI=1S/C16H25NO2/c1-11-7-13(3)16(8-12(11)2)14(4)17-9-15-10-18-5-6-19-15/h7-8,14-15,17H,5-6,9-10H2,1-4H3. The summed E-state index contributed by atoms with van der Waals surface area (Å²) in [6.45, 7) is 11.7. The van der Waals surface area contributed by atoms with Crippen LogP contribution in [0, 0.1) is 20.8 Å². The van der Waals surface area contributed by atoms with E-state index in [2.05, 4.69) is 45.1 Å². The zero-order chi connectivity index (χ0) is 13.8. The van der Waals surface area contributed by atoms with Crippen molar-refractivity contribution in [3.63, 3.8) is 0 Å². The number of nitrogens with one attached hydrogen (secondary N) is 1. The molecule has 0 saturated carbocycles. The van der Waals surface area contributed by atoms with E-state index in [4.69, 9.17) is 9.47 Å². The first-order valence-electron chi connectivity index (χ1n) is 7.08. The largest absolute Gasteiger partial charge is 0.376 e. The number of ether oxygens (including phenoxy) is 2. The summed E-state index contributed by atoms with van der Waals surface area (Å²) in [7, 11) is 0. The molecule has 3 heteroatoms. The molecule has 2 unspecified atom stereocenters. The van der Waals surface area contributed by atoms with E-state index in [-0.39, 0.29) is 6.10 Å². The van der Waals surface area contributed by atoms with Crippen LogP contribution in [-0.2, 0) is 9.47 Å². The van der Waals surface area contributed by atoms with Crippen molar-refractivity contribution in [2.75, 3.05) is 26.4 Å². The lowest BCUT2D eigenvalue weighted by molar-refractivity contribution is -0.0869. The minimum Gasteiger partial charge on any atom is -0.376 e. The number of benzene rings is 1. The third-order valence-corrected chi connectivity index (χ3v) is 3.89. The second kappa shape index (κ2) is 6.51. The Hall–Kier alpha value is -0.900. The van der Waals surface area contributed by atoms with E-state index >= 15 is 0 Å². The van der Waals surface area contributed by atoms with Gasteiger partial charge in [-0.25, -0.2) is 0 Å². The normalized spacial score (nSPS) is 21.4. The summed E-state index contributed by atoms with van der Waals surface area (Å²) in [4.78, 5) is 0. The molecule has 0 aliphatic carbocycles. The van der Waals surface area contributed by atoms with Gasteiger partial charge in [0.2, 0.25) is 0 Å². The lowest BCUT2D eigenvalue weighted by Crippen LogP contribution is -2.38. The zero-order valence-corrected chi connectivity index (χ0v) is 12.5. The van der Waals surface area contributed by atoms with Crippen molar-refractivity contribution in [1.82, 2.24) is 5.32 Å². The fourth-order valence-electron chi connectivity index (χ4n) is 2.52. The molecule has 0 spiro atoms. The first kappa shape index (κ1) is 14.5. The summed E-state index contributed by atoms with van der Waals surface area (Å²) in [6.07, 6.45) is 0.183. The smallest absolute Gasteiger partial charge is 0.0933 e. The Morgan fingerprint density at radius 1 is 1.16 bits per heavy atom. The van der Waals surface area contributed by atoms with Crippen molar-refractivity contribution in [1.29, 1.82) is 0 Å². The summed E-state index contributed by atoms with van der Waals surface area (Å²) >= 11 is 0. The monoisotopic (exact) mass is 263 g/mol. The molecule has 106 valence electrons. The lowest BCUT2D eigenvalue weighted by atomic mass is 9.96. The second-order valence-electron chi connectivity index (χ2n) is 5.49. The van der Waals surface area contributed by atoms with E-state index in [1.807, 2.05) is 0 Å². The van der Waals surface area contributed by atoms with Gasteiger partial charge in [-0.2, -0.15) is 0 Å². The molecule has 1 N–H and O–H groups in total. The van der Waals surface area contributed by atoms with Crippen LogP contribution >= 0.6 is 0 Å². The van der Waals surface area contributed by atoms with Crippen molar-refractivity contribution in [3.8, 4) is 0 Å². The number of rotatable bonds is 4. The van der Waals surface area contributed by atoms with E-state index in [1.54, 1.807) is 0 Å².